The lowest BCUT2D eigenvalue weighted by Crippen LogP contribution is -2.26. The number of alkyl halides is 2. The van der Waals surface area contributed by atoms with E-state index in [4.69, 9.17) is 28.7 Å². The first-order chi connectivity index (χ1) is 6.24. The predicted octanol–water partition coefficient (Wildman–Crippen LogP) is 4.69. The molecule has 0 saturated heterocycles. The summed E-state index contributed by atoms with van der Waals surface area (Å²) in [5.41, 5.74) is 8.11. The predicted molar refractivity (Wildman–Crippen MR) is 63.7 cm³/mol. The van der Waals surface area contributed by atoms with Gasteiger partial charge in [-0.3, -0.25) is 0 Å². The van der Waals surface area contributed by atoms with Crippen LogP contribution >= 0.6 is 23.2 Å². The van der Waals surface area contributed by atoms with Gasteiger partial charge in [0.2, 0.25) is 0 Å². The Kier molecular flexibility index (Phi) is 4.71. The molecule has 1 saturated carbocycles. The van der Waals surface area contributed by atoms with E-state index in [1.807, 2.05) is 0 Å². The molecule has 0 heterocycles. The van der Waals surface area contributed by atoms with E-state index < -0.39 is 0 Å². The van der Waals surface area contributed by atoms with Crippen molar-refractivity contribution in [2.45, 2.75) is 36.4 Å². The maximum absolute atomic E-state index is 8.11. The molecule has 3 unspecified atom stereocenters. The van der Waals surface area contributed by atoms with Crippen molar-refractivity contribution in [3.8, 4) is 0 Å². The van der Waals surface area contributed by atoms with Crippen molar-refractivity contribution in [2.24, 2.45) is 11.0 Å². The van der Waals surface area contributed by atoms with Crippen LogP contribution in [0, 0.1) is 5.92 Å². The lowest BCUT2D eigenvalue weighted by Gasteiger charge is -2.29. The zero-order valence-electron chi connectivity index (χ0n) is 7.37. The van der Waals surface area contributed by atoms with Gasteiger partial charge in [0.1, 0.15) is 0 Å². The van der Waals surface area contributed by atoms with Crippen molar-refractivity contribution in [3.05, 3.63) is 10.4 Å². The molecular formula is C8H21Cl2N3. The molecule has 0 N–H and O–H groups in total. The largest absolute Gasteiger partial charge is 0.123 e. The fourth-order valence-corrected chi connectivity index (χ4v) is 2.45. The van der Waals surface area contributed by atoms with Crippen molar-refractivity contribution in [2.75, 3.05) is 6.54 Å². The Labute approximate surface area is 94.0 Å². The van der Waals surface area contributed by atoms with Gasteiger partial charge in [0, 0.05) is 27.9 Å². The quantitative estimate of drug-likeness (QED) is 0.292. The highest BCUT2D eigenvalue weighted by atomic mass is 35.5. The van der Waals surface area contributed by atoms with Crippen LogP contribution in [0.1, 0.15) is 31.4 Å². The van der Waals surface area contributed by atoms with Gasteiger partial charge in [0.15, 0.2) is 0 Å². The van der Waals surface area contributed by atoms with Crippen LogP contribution in [0.3, 0.4) is 0 Å². The average molecular weight is 230 g/mol. The molecule has 0 aromatic heterocycles. The number of hydrogen-bond acceptors (Lipinski definition) is 1. The van der Waals surface area contributed by atoms with Crippen molar-refractivity contribution in [1.29, 1.82) is 0 Å². The Bertz CT molecular complexity index is 217. The van der Waals surface area contributed by atoms with E-state index in [1.165, 1.54) is 0 Å². The van der Waals surface area contributed by atoms with E-state index in [0.717, 1.165) is 25.7 Å². The second-order valence-corrected chi connectivity index (χ2v) is 4.61. The Hall–Kier alpha value is -0.110. The molecule has 0 aromatic rings. The van der Waals surface area contributed by atoms with Gasteiger partial charge >= 0.3 is 0 Å². The topological polar surface area (TPSA) is 48.8 Å². The summed E-state index contributed by atoms with van der Waals surface area (Å²) in [5, 5.41) is 3.97. The standard InChI is InChI=1S/C8H13Cl2N3.4H2/c9-7-1-2-8(10)6(5-7)3-4-12-13-11;;;;/h6-8H,1-5H2;4*1H. The van der Waals surface area contributed by atoms with Crippen molar-refractivity contribution < 1.29 is 5.71 Å². The Morgan fingerprint density at radius 1 is 1.46 bits per heavy atom. The van der Waals surface area contributed by atoms with Gasteiger partial charge in [-0.25, -0.2) is 0 Å². The summed E-state index contributed by atoms with van der Waals surface area (Å²) in [6.45, 7) is 0.536. The van der Waals surface area contributed by atoms with Gasteiger partial charge in [0.25, 0.3) is 0 Å². The lowest BCUT2D eigenvalue weighted by molar-refractivity contribution is 0.354. The molecular weight excluding hydrogens is 209 g/mol. The molecule has 1 rings (SSSR count). The van der Waals surface area contributed by atoms with Crippen molar-refractivity contribution >= 4 is 23.2 Å². The summed E-state index contributed by atoms with van der Waals surface area (Å²) in [4.78, 5) is 2.71. The molecule has 0 radical (unpaired) electrons. The van der Waals surface area contributed by atoms with E-state index in [1.54, 1.807) is 0 Å². The number of halogens is 2. The summed E-state index contributed by atoms with van der Waals surface area (Å²) in [5.74, 6) is 0.420. The maximum atomic E-state index is 8.11. The highest BCUT2D eigenvalue weighted by Crippen LogP contribution is 2.33. The van der Waals surface area contributed by atoms with Gasteiger partial charge < -0.3 is 0 Å². The van der Waals surface area contributed by atoms with Crippen LogP contribution in [0.15, 0.2) is 5.11 Å². The zero-order valence-corrected chi connectivity index (χ0v) is 8.88. The zero-order chi connectivity index (χ0) is 9.68. The molecule has 3 atom stereocenters. The van der Waals surface area contributed by atoms with Gasteiger partial charge in [0.05, 0.1) is 0 Å². The van der Waals surface area contributed by atoms with Crippen LogP contribution in [0.5, 0.6) is 0 Å². The van der Waals surface area contributed by atoms with E-state index >= 15 is 0 Å². The number of rotatable bonds is 3. The molecule has 1 fully saturated rings. The number of nitrogens with zero attached hydrogens (tertiary/aromatic N) is 3. The van der Waals surface area contributed by atoms with E-state index in [9.17, 15) is 0 Å². The lowest BCUT2D eigenvalue weighted by atomic mass is 9.86. The van der Waals surface area contributed by atoms with Gasteiger partial charge in [-0.05, 0) is 37.1 Å². The van der Waals surface area contributed by atoms with Crippen LogP contribution in [0.4, 0.5) is 0 Å². The summed E-state index contributed by atoms with van der Waals surface area (Å²) in [6.07, 6.45) is 3.81. The van der Waals surface area contributed by atoms with E-state index in [2.05, 4.69) is 10.0 Å². The van der Waals surface area contributed by atoms with Gasteiger partial charge in [-0.15, -0.1) is 23.2 Å². The highest BCUT2D eigenvalue weighted by Gasteiger charge is 2.27. The third-order valence-corrected chi connectivity index (χ3v) is 3.46. The summed E-state index contributed by atoms with van der Waals surface area (Å²) in [6, 6.07) is 0. The fourth-order valence-electron chi connectivity index (χ4n) is 1.74. The molecule has 3 nitrogen and oxygen atoms in total. The summed E-state index contributed by atoms with van der Waals surface area (Å²) >= 11 is 12.2. The van der Waals surface area contributed by atoms with Gasteiger partial charge in [-0.1, -0.05) is 5.11 Å². The SMILES string of the molecule is [HH].[HH].[HH].[HH].[N-]=[N+]=NCCC1CC(Cl)CCC1Cl. The van der Waals surface area contributed by atoms with E-state index in [0.29, 0.717) is 12.5 Å². The third kappa shape index (κ3) is 3.63. The minimum atomic E-state index is 0. The number of hydrogen-bond donors (Lipinski definition) is 0. The van der Waals surface area contributed by atoms with E-state index in [-0.39, 0.29) is 16.5 Å². The maximum Gasteiger partial charge on any atom is 0.0365 e. The molecule has 0 aromatic carbocycles. The Morgan fingerprint density at radius 2 is 2.23 bits per heavy atom. The third-order valence-electron chi connectivity index (χ3n) is 2.49. The van der Waals surface area contributed by atoms with Crippen LogP contribution in [-0.2, 0) is 0 Å². The van der Waals surface area contributed by atoms with Crippen LogP contribution < -0.4 is 0 Å². The minimum Gasteiger partial charge on any atom is -0.123 e. The monoisotopic (exact) mass is 229 g/mol. The van der Waals surface area contributed by atoms with Crippen LogP contribution in [-0.4, -0.2) is 17.3 Å². The van der Waals surface area contributed by atoms with Crippen molar-refractivity contribution in [3.63, 3.8) is 0 Å². The Balaban J connectivity index is -0.000000211. The molecule has 0 amide bonds. The van der Waals surface area contributed by atoms with Gasteiger partial charge in [-0.2, -0.15) is 0 Å². The molecule has 0 aliphatic heterocycles. The number of azide groups is 1. The first kappa shape index (κ1) is 11.0. The fraction of sp³-hybridized carbons (Fsp3) is 1.00. The molecule has 82 valence electrons. The summed E-state index contributed by atoms with van der Waals surface area (Å²) < 4.78 is 0. The molecule has 13 heavy (non-hydrogen) atoms. The first-order valence-electron chi connectivity index (χ1n) is 4.53. The molecule has 1 aliphatic carbocycles. The smallest absolute Gasteiger partial charge is 0.0365 e. The first-order valence-corrected chi connectivity index (χ1v) is 5.40. The molecule has 0 spiro atoms. The minimum absolute atomic E-state index is 0. The normalized spacial score (nSPS) is 33.8. The highest BCUT2D eigenvalue weighted by molar-refractivity contribution is 6.22. The van der Waals surface area contributed by atoms with Crippen LogP contribution in [0.2, 0.25) is 0 Å². The molecule has 5 heteroatoms. The average Bonchev–Trinajstić information content (AvgIpc) is 2.11. The second-order valence-electron chi connectivity index (χ2n) is 3.43. The van der Waals surface area contributed by atoms with Crippen molar-refractivity contribution in [1.82, 2.24) is 0 Å². The molecule has 0 bridgehead atoms. The molecule has 1 aliphatic rings. The Morgan fingerprint density at radius 3 is 2.92 bits per heavy atom. The van der Waals surface area contributed by atoms with Crippen LogP contribution in [0.25, 0.3) is 10.4 Å². The second kappa shape index (κ2) is 5.58. The summed E-state index contributed by atoms with van der Waals surface area (Å²) in [7, 11) is 0.